The van der Waals surface area contributed by atoms with Crippen LogP contribution in [0.4, 0.5) is 0 Å². The Morgan fingerprint density at radius 2 is 1.92 bits per heavy atom. The zero-order valence-corrected chi connectivity index (χ0v) is 8.51. The fourth-order valence-corrected chi connectivity index (χ4v) is 2.69. The van der Waals surface area contributed by atoms with Crippen LogP contribution in [-0.4, -0.2) is 49.6 Å². The van der Waals surface area contributed by atoms with Gasteiger partial charge in [-0.25, -0.2) is 0 Å². The molecule has 1 saturated heterocycles. The van der Waals surface area contributed by atoms with Gasteiger partial charge < -0.3 is 9.80 Å². The summed E-state index contributed by atoms with van der Waals surface area (Å²) < 4.78 is 0. The number of likely N-dealkylation sites (tertiary alicyclic amines) is 1. The van der Waals surface area contributed by atoms with Gasteiger partial charge in [-0.15, -0.1) is 0 Å². The average Bonchev–Trinajstić information content (AvgIpc) is 1.81. The van der Waals surface area contributed by atoms with E-state index < -0.39 is 0 Å². The van der Waals surface area contributed by atoms with Gasteiger partial charge in [0.15, 0.2) is 0 Å². The van der Waals surface area contributed by atoms with Gasteiger partial charge in [0, 0.05) is 19.1 Å². The van der Waals surface area contributed by atoms with Crippen molar-refractivity contribution in [2.24, 2.45) is 5.41 Å². The first kappa shape index (κ1) is 8.52. The normalized spacial score (nSPS) is 29.0. The van der Waals surface area contributed by atoms with Crippen LogP contribution in [0.3, 0.4) is 0 Å². The van der Waals surface area contributed by atoms with Crippen LogP contribution in [0, 0.1) is 5.41 Å². The van der Waals surface area contributed by atoms with Gasteiger partial charge in [0.05, 0.1) is 0 Å². The Labute approximate surface area is 75.5 Å². The second kappa shape index (κ2) is 2.71. The molecule has 2 aliphatic rings. The highest BCUT2D eigenvalue weighted by Crippen LogP contribution is 2.49. The van der Waals surface area contributed by atoms with Crippen molar-refractivity contribution in [3.05, 3.63) is 0 Å². The molecule has 0 N–H and O–H groups in total. The third-order valence-electron chi connectivity index (χ3n) is 3.63. The van der Waals surface area contributed by atoms with Crippen molar-refractivity contribution >= 4 is 0 Å². The summed E-state index contributed by atoms with van der Waals surface area (Å²) in [5, 5.41) is 0. The van der Waals surface area contributed by atoms with Crippen molar-refractivity contribution in [2.45, 2.75) is 25.8 Å². The van der Waals surface area contributed by atoms with E-state index in [1.165, 1.54) is 32.5 Å². The van der Waals surface area contributed by atoms with Gasteiger partial charge in [0.25, 0.3) is 0 Å². The maximum atomic E-state index is 2.55. The molecule has 70 valence electrons. The van der Waals surface area contributed by atoms with E-state index in [0.717, 1.165) is 11.5 Å². The Bertz CT molecular complexity index is 163. The zero-order chi connectivity index (χ0) is 8.77. The van der Waals surface area contributed by atoms with Crippen LogP contribution in [0.25, 0.3) is 0 Å². The predicted molar refractivity (Wildman–Crippen MR) is 51.3 cm³/mol. The summed E-state index contributed by atoms with van der Waals surface area (Å²) in [4.78, 5) is 4.92. The highest BCUT2D eigenvalue weighted by Gasteiger charge is 2.51. The van der Waals surface area contributed by atoms with Crippen LogP contribution in [0.15, 0.2) is 0 Å². The van der Waals surface area contributed by atoms with Crippen LogP contribution in [0.5, 0.6) is 0 Å². The second-order valence-corrected chi connectivity index (χ2v) is 4.83. The minimum absolute atomic E-state index is 0.755. The Morgan fingerprint density at radius 1 is 1.33 bits per heavy atom. The molecule has 1 aliphatic carbocycles. The highest BCUT2D eigenvalue weighted by atomic mass is 15.2. The summed E-state index contributed by atoms with van der Waals surface area (Å²) >= 11 is 0. The Morgan fingerprint density at radius 3 is 2.33 bits per heavy atom. The molecule has 1 aliphatic heterocycles. The Balaban J connectivity index is 1.75. The Kier molecular flexibility index (Phi) is 1.92. The molecular weight excluding hydrogens is 148 g/mol. The minimum atomic E-state index is 0.755. The fourth-order valence-electron chi connectivity index (χ4n) is 2.69. The van der Waals surface area contributed by atoms with Gasteiger partial charge in [0.1, 0.15) is 0 Å². The minimum Gasteiger partial charge on any atom is -0.306 e. The molecule has 0 radical (unpaired) electrons. The van der Waals surface area contributed by atoms with Crippen LogP contribution in [-0.2, 0) is 0 Å². The van der Waals surface area contributed by atoms with E-state index in [0.29, 0.717) is 0 Å². The van der Waals surface area contributed by atoms with E-state index in [9.17, 15) is 0 Å². The number of hydrogen-bond donors (Lipinski definition) is 0. The summed E-state index contributed by atoms with van der Waals surface area (Å²) in [6.07, 6.45) is 2.88. The van der Waals surface area contributed by atoms with Crippen LogP contribution in [0.1, 0.15) is 19.8 Å². The first-order chi connectivity index (χ1) is 5.65. The van der Waals surface area contributed by atoms with E-state index in [2.05, 4.69) is 30.8 Å². The lowest BCUT2D eigenvalue weighted by Crippen LogP contribution is -2.65. The quantitative estimate of drug-likeness (QED) is 0.607. The lowest BCUT2D eigenvalue weighted by molar-refractivity contribution is -0.0977. The molecule has 1 heterocycles. The van der Waals surface area contributed by atoms with Crippen LogP contribution in [0.2, 0.25) is 0 Å². The summed E-state index contributed by atoms with van der Waals surface area (Å²) in [7, 11) is 4.40. The molecular formula is C10H20N2. The average molecular weight is 168 g/mol. The predicted octanol–water partition coefficient (Wildman–Crippen LogP) is 1.03. The number of nitrogens with zero attached hydrogens (tertiary/aromatic N) is 2. The molecule has 0 unspecified atom stereocenters. The zero-order valence-electron chi connectivity index (χ0n) is 8.51. The molecule has 0 aromatic heterocycles. The molecule has 0 atom stereocenters. The van der Waals surface area contributed by atoms with E-state index in [-0.39, 0.29) is 0 Å². The third-order valence-corrected chi connectivity index (χ3v) is 3.63. The van der Waals surface area contributed by atoms with Gasteiger partial charge in [-0.3, -0.25) is 0 Å². The highest BCUT2D eigenvalue weighted by molar-refractivity contribution is 5.06. The maximum Gasteiger partial charge on any atom is 0.0102 e. The molecule has 0 aromatic rings. The summed E-state index contributed by atoms with van der Waals surface area (Å²) in [6.45, 7) is 6.24. The number of rotatable bonds is 2. The van der Waals surface area contributed by atoms with E-state index in [4.69, 9.17) is 0 Å². The van der Waals surface area contributed by atoms with Crippen molar-refractivity contribution in [3.8, 4) is 0 Å². The fraction of sp³-hybridized carbons (Fsp3) is 1.00. The van der Waals surface area contributed by atoms with Crippen molar-refractivity contribution in [1.29, 1.82) is 0 Å². The summed E-state index contributed by atoms with van der Waals surface area (Å²) in [5.41, 5.74) is 0.755. The lowest BCUT2D eigenvalue weighted by atomic mass is 9.60. The van der Waals surface area contributed by atoms with Gasteiger partial charge in [-0.05, 0) is 38.9 Å². The summed E-state index contributed by atoms with van der Waals surface area (Å²) in [5.74, 6) is 0. The van der Waals surface area contributed by atoms with Gasteiger partial charge >= 0.3 is 0 Å². The SMILES string of the molecule is CCN1CC2(CC(N(C)C)C2)C1. The van der Waals surface area contributed by atoms with Gasteiger partial charge in [0.2, 0.25) is 0 Å². The van der Waals surface area contributed by atoms with Crippen molar-refractivity contribution in [3.63, 3.8) is 0 Å². The number of hydrogen-bond acceptors (Lipinski definition) is 2. The largest absolute Gasteiger partial charge is 0.306 e. The molecule has 2 nitrogen and oxygen atoms in total. The van der Waals surface area contributed by atoms with Crippen molar-refractivity contribution in [2.75, 3.05) is 33.7 Å². The van der Waals surface area contributed by atoms with Gasteiger partial charge in [-0.2, -0.15) is 0 Å². The van der Waals surface area contributed by atoms with Crippen molar-refractivity contribution < 1.29 is 0 Å². The molecule has 1 saturated carbocycles. The molecule has 0 bridgehead atoms. The van der Waals surface area contributed by atoms with Crippen LogP contribution < -0.4 is 0 Å². The second-order valence-electron chi connectivity index (χ2n) is 4.83. The molecule has 2 heteroatoms. The van der Waals surface area contributed by atoms with Crippen LogP contribution >= 0.6 is 0 Å². The molecule has 2 rings (SSSR count). The van der Waals surface area contributed by atoms with E-state index in [1.807, 2.05) is 0 Å². The summed E-state index contributed by atoms with van der Waals surface area (Å²) in [6, 6.07) is 0.879. The first-order valence-electron chi connectivity index (χ1n) is 5.04. The monoisotopic (exact) mass is 168 g/mol. The molecule has 2 fully saturated rings. The molecule has 0 amide bonds. The first-order valence-corrected chi connectivity index (χ1v) is 5.04. The molecule has 1 spiro atoms. The topological polar surface area (TPSA) is 6.48 Å². The lowest BCUT2D eigenvalue weighted by Gasteiger charge is -2.60. The van der Waals surface area contributed by atoms with E-state index >= 15 is 0 Å². The maximum absolute atomic E-state index is 2.55. The smallest absolute Gasteiger partial charge is 0.0102 e. The molecule has 12 heavy (non-hydrogen) atoms. The molecule has 0 aromatic carbocycles. The van der Waals surface area contributed by atoms with Gasteiger partial charge in [-0.1, -0.05) is 6.92 Å². The standard InChI is InChI=1S/C10H20N2/c1-4-12-7-10(8-12)5-9(6-10)11(2)3/h9H,4-8H2,1-3H3. The third kappa shape index (κ3) is 1.17. The van der Waals surface area contributed by atoms with E-state index in [1.54, 1.807) is 0 Å². The van der Waals surface area contributed by atoms with Crippen molar-refractivity contribution in [1.82, 2.24) is 9.80 Å². The Hall–Kier alpha value is -0.0800.